The molecule has 2 nitrogen and oxygen atoms in total. The predicted octanol–water partition coefficient (Wildman–Crippen LogP) is 5.90. The Morgan fingerprint density at radius 1 is 1.17 bits per heavy atom. The van der Waals surface area contributed by atoms with Crippen molar-refractivity contribution in [1.82, 2.24) is 4.98 Å². The number of ketones is 1. The van der Waals surface area contributed by atoms with Gasteiger partial charge < -0.3 is 0 Å². The van der Waals surface area contributed by atoms with E-state index in [0.29, 0.717) is 16.8 Å². The molecule has 23 heavy (non-hydrogen) atoms. The number of rotatable bonds is 4. The van der Waals surface area contributed by atoms with Gasteiger partial charge in [0.25, 0.3) is 0 Å². The number of hydrogen-bond donors (Lipinski definition) is 0. The zero-order valence-electron chi connectivity index (χ0n) is 11.3. The number of carbonyl (C=O) groups excluding carboxylic acids is 1. The Labute approximate surface area is 144 Å². The first-order chi connectivity index (χ1) is 10.8. The fourth-order valence-corrected chi connectivity index (χ4v) is 2.57. The van der Waals surface area contributed by atoms with Crippen molar-refractivity contribution in [2.24, 2.45) is 0 Å². The molecule has 0 N–H and O–H groups in total. The van der Waals surface area contributed by atoms with Crippen LogP contribution in [0.1, 0.15) is 15.9 Å². The minimum Gasteiger partial charge on any atom is -0.289 e. The Bertz CT molecular complexity index is 745. The highest BCUT2D eigenvalue weighted by Crippen LogP contribution is 2.33. The number of carbonyl (C=O) groups is 1. The van der Waals surface area contributed by atoms with Gasteiger partial charge >= 0.3 is 6.18 Å². The molecule has 2 aromatic rings. The molecule has 0 amide bonds. The lowest BCUT2D eigenvalue weighted by Crippen LogP contribution is -2.05. The molecule has 8 heteroatoms. The maximum absolute atomic E-state index is 12.5. The molecule has 0 atom stereocenters. The third-order valence-electron chi connectivity index (χ3n) is 2.66. The zero-order valence-corrected chi connectivity index (χ0v) is 13.6. The van der Waals surface area contributed by atoms with Crippen LogP contribution in [0.5, 0.6) is 0 Å². The Balaban J connectivity index is 2.05. The van der Waals surface area contributed by atoms with Crippen LogP contribution in [0.3, 0.4) is 0 Å². The Kier molecular flexibility index (Phi) is 5.73. The molecule has 0 radical (unpaired) electrons. The second-order valence-corrected chi connectivity index (χ2v) is 6.04. The van der Waals surface area contributed by atoms with Crippen molar-refractivity contribution in [2.75, 3.05) is 0 Å². The van der Waals surface area contributed by atoms with E-state index in [2.05, 4.69) is 4.98 Å². The molecule has 1 heterocycles. The van der Waals surface area contributed by atoms with Crippen molar-refractivity contribution in [3.63, 3.8) is 0 Å². The monoisotopic (exact) mass is 377 g/mol. The van der Waals surface area contributed by atoms with Crippen molar-refractivity contribution in [3.05, 3.63) is 69.2 Å². The van der Waals surface area contributed by atoms with Crippen LogP contribution in [0.2, 0.25) is 10.0 Å². The van der Waals surface area contributed by atoms with Gasteiger partial charge in [0.05, 0.1) is 10.6 Å². The second-order valence-electron chi connectivity index (χ2n) is 4.30. The first-order valence-electron chi connectivity index (χ1n) is 6.13. The fourth-order valence-electron chi connectivity index (χ4n) is 1.54. The summed E-state index contributed by atoms with van der Waals surface area (Å²) in [6.45, 7) is 0. The van der Waals surface area contributed by atoms with Gasteiger partial charge in [0.1, 0.15) is 5.03 Å². The number of alkyl halides is 3. The summed E-state index contributed by atoms with van der Waals surface area (Å²) < 4.78 is 37.5. The number of hydrogen-bond acceptors (Lipinski definition) is 3. The third kappa shape index (κ3) is 4.99. The summed E-state index contributed by atoms with van der Waals surface area (Å²) in [4.78, 5) is 15.5. The Morgan fingerprint density at radius 3 is 2.39 bits per heavy atom. The molecule has 0 saturated carbocycles. The highest BCUT2D eigenvalue weighted by atomic mass is 35.5. The van der Waals surface area contributed by atoms with Gasteiger partial charge in [-0.15, -0.1) is 0 Å². The van der Waals surface area contributed by atoms with Gasteiger partial charge in [-0.1, -0.05) is 35.0 Å². The van der Waals surface area contributed by atoms with Crippen LogP contribution in [0.15, 0.2) is 53.0 Å². The van der Waals surface area contributed by atoms with Gasteiger partial charge in [-0.05, 0) is 41.8 Å². The summed E-state index contributed by atoms with van der Waals surface area (Å²) in [6, 6.07) is 7.12. The molecule has 0 unspecified atom stereocenters. The first kappa shape index (κ1) is 17.8. The summed E-state index contributed by atoms with van der Waals surface area (Å²) in [7, 11) is 0. The normalized spacial score (nSPS) is 11.9. The fraction of sp³-hybridized carbons (Fsp3) is 0.0667. The summed E-state index contributed by atoms with van der Waals surface area (Å²) in [6.07, 6.45) is -2.52. The number of nitrogens with zero attached hydrogens (tertiary/aromatic N) is 1. The first-order valence-corrected chi connectivity index (χ1v) is 7.77. The van der Waals surface area contributed by atoms with E-state index in [1.165, 1.54) is 11.5 Å². The van der Waals surface area contributed by atoms with Gasteiger partial charge in [0.15, 0.2) is 5.78 Å². The van der Waals surface area contributed by atoms with E-state index in [0.717, 1.165) is 17.8 Å². The predicted molar refractivity (Wildman–Crippen MR) is 85.0 cm³/mol. The highest BCUT2D eigenvalue weighted by Gasteiger charge is 2.31. The molecule has 0 spiro atoms. The van der Waals surface area contributed by atoms with E-state index in [-0.39, 0.29) is 15.8 Å². The van der Waals surface area contributed by atoms with Gasteiger partial charge in [0, 0.05) is 16.8 Å². The van der Waals surface area contributed by atoms with Crippen molar-refractivity contribution >= 4 is 40.7 Å². The van der Waals surface area contributed by atoms with Crippen molar-refractivity contribution in [2.45, 2.75) is 11.2 Å². The maximum Gasteiger partial charge on any atom is 0.417 e. The number of pyridine rings is 1. The van der Waals surface area contributed by atoms with Gasteiger partial charge in [-0.25, -0.2) is 4.98 Å². The summed E-state index contributed by atoms with van der Waals surface area (Å²) in [5.41, 5.74) is -0.481. The number of aromatic nitrogens is 1. The SMILES string of the molecule is O=C(/C=C\Sc1ncc(C(F)(F)F)cc1Cl)c1ccc(Cl)cc1. The minimum absolute atomic E-state index is 0.131. The molecule has 120 valence electrons. The average Bonchev–Trinajstić information content (AvgIpc) is 2.48. The van der Waals surface area contributed by atoms with E-state index in [1.807, 2.05) is 0 Å². The third-order valence-corrected chi connectivity index (χ3v) is 4.14. The van der Waals surface area contributed by atoms with Crippen LogP contribution in [0.4, 0.5) is 13.2 Å². The van der Waals surface area contributed by atoms with Crippen LogP contribution in [0, 0.1) is 0 Å². The van der Waals surface area contributed by atoms with Crippen LogP contribution < -0.4 is 0 Å². The lowest BCUT2D eigenvalue weighted by atomic mass is 10.1. The van der Waals surface area contributed by atoms with Gasteiger partial charge in [-0.2, -0.15) is 13.2 Å². The van der Waals surface area contributed by atoms with Crippen LogP contribution in [-0.4, -0.2) is 10.8 Å². The minimum atomic E-state index is -4.50. The summed E-state index contributed by atoms with van der Waals surface area (Å²) in [5.74, 6) is -0.266. The zero-order chi connectivity index (χ0) is 17.0. The van der Waals surface area contributed by atoms with Gasteiger partial charge in [-0.3, -0.25) is 4.79 Å². The van der Waals surface area contributed by atoms with E-state index in [1.54, 1.807) is 24.3 Å². The lowest BCUT2D eigenvalue weighted by Gasteiger charge is -2.07. The van der Waals surface area contributed by atoms with E-state index in [4.69, 9.17) is 23.2 Å². The molecule has 1 aromatic carbocycles. The maximum atomic E-state index is 12.5. The summed E-state index contributed by atoms with van der Waals surface area (Å²) in [5, 5.41) is 1.98. The van der Waals surface area contributed by atoms with E-state index in [9.17, 15) is 18.0 Å². The number of allylic oxidation sites excluding steroid dienone is 1. The van der Waals surface area contributed by atoms with E-state index < -0.39 is 11.7 Å². The smallest absolute Gasteiger partial charge is 0.289 e. The number of benzene rings is 1. The van der Waals surface area contributed by atoms with Crippen molar-refractivity contribution in [3.8, 4) is 0 Å². The topological polar surface area (TPSA) is 30.0 Å². The standard InChI is InChI=1S/C15H8Cl2F3NOS/c16-11-3-1-9(2-4-11)13(22)5-6-23-14-12(17)7-10(8-21-14)15(18,19)20/h1-8H/b6-5-. The Hall–Kier alpha value is -1.50. The number of thioether (sulfide) groups is 1. The van der Waals surface area contributed by atoms with Crippen molar-refractivity contribution < 1.29 is 18.0 Å². The van der Waals surface area contributed by atoms with Gasteiger partial charge in [0.2, 0.25) is 0 Å². The molecule has 0 aliphatic heterocycles. The molecule has 2 rings (SSSR count). The van der Waals surface area contributed by atoms with Crippen LogP contribution in [-0.2, 0) is 6.18 Å². The molecular weight excluding hydrogens is 370 g/mol. The molecule has 0 aliphatic rings. The average molecular weight is 378 g/mol. The largest absolute Gasteiger partial charge is 0.417 e. The molecule has 0 fully saturated rings. The Morgan fingerprint density at radius 2 is 1.83 bits per heavy atom. The second kappa shape index (κ2) is 7.38. The molecular formula is C15H8Cl2F3NOS. The van der Waals surface area contributed by atoms with Crippen LogP contribution in [0.25, 0.3) is 0 Å². The molecule has 0 aliphatic carbocycles. The lowest BCUT2D eigenvalue weighted by molar-refractivity contribution is -0.137. The molecule has 1 aromatic heterocycles. The summed E-state index contributed by atoms with van der Waals surface area (Å²) >= 11 is 12.4. The molecule has 0 saturated heterocycles. The molecule has 0 bridgehead atoms. The van der Waals surface area contributed by atoms with Crippen LogP contribution >= 0.6 is 35.0 Å². The van der Waals surface area contributed by atoms with E-state index >= 15 is 0 Å². The quantitative estimate of drug-likeness (QED) is 0.377. The van der Waals surface area contributed by atoms with Crippen molar-refractivity contribution in [1.29, 1.82) is 0 Å². The highest BCUT2D eigenvalue weighted by molar-refractivity contribution is 8.02. The number of halogens is 5.